The van der Waals surface area contributed by atoms with Crippen molar-refractivity contribution in [3.05, 3.63) is 77.0 Å². The molecule has 0 unspecified atom stereocenters. The highest BCUT2D eigenvalue weighted by Gasteiger charge is 2.39. The van der Waals surface area contributed by atoms with Gasteiger partial charge >= 0.3 is 6.03 Å². The fourth-order valence-corrected chi connectivity index (χ4v) is 4.79. The molecule has 1 N–H and O–H groups in total. The van der Waals surface area contributed by atoms with Crippen LogP contribution in [-0.4, -0.2) is 29.5 Å². The summed E-state index contributed by atoms with van der Waals surface area (Å²) in [5.41, 5.74) is 3.14. The van der Waals surface area contributed by atoms with Gasteiger partial charge in [0.25, 0.3) is 5.91 Å². The van der Waals surface area contributed by atoms with Crippen molar-refractivity contribution in [2.75, 3.05) is 6.61 Å². The van der Waals surface area contributed by atoms with Crippen molar-refractivity contribution in [1.29, 1.82) is 5.26 Å². The third-order valence-electron chi connectivity index (χ3n) is 6.49. The lowest BCUT2D eigenvalue weighted by Crippen LogP contribution is -2.41. The van der Waals surface area contributed by atoms with Gasteiger partial charge in [-0.05, 0) is 56.0 Å². The van der Waals surface area contributed by atoms with Crippen LogP contribution >= 0.6 is 0 Å². The summed E-state index contributed by atoms with van der Waals surface area (Å²) in [4.78, 5) is 27.1. The average molecular weight is 486 g/mol. The Morgan fingerprint density at radius 1 is 1.14 bits per heavy atom. The Balaban J connectivity index is 1.64. The van der Waals surface area contributed by atoms with Gasteiger partial charge in [-0.15, -0.1) is 6.58 Å². The number of imide groups is 1. The Morgan fingerprint density at radius 2 is 1.92 bits per heavy atom. The van der Waals surface area contributed by atoms with Crippen LogP contribution in [0.15, 0.2) is 54.8 Å². The SMILES string of the molecule is C=CCc1cc(/C=C2\NC(=O)N(C3CCCCC3)C2=O)cc(OCC)c1OCc1ccccc1C#N. The van der Waals surface area contributed by atoms with Gasteiger partial charge in [-0.25, -0.2) is 4.79 Å². The van der Waals surface area contributed by atoms with E-state index in [0.29, 0.717) is 35.7 Å². The van der Waals surface area contributed by atoms with Crippen LogP contribution < -0.4 is 14.8 Å². The molecule has 1 aliphatic heterocycles. The first kappa shape index (κ1) is 25.1. The van der Waals surface area contributed by atoms with E-state index in [0.717, 1.165) is 43.2 Å². The van der Waals surface area contributed by atoms with Gasteiger partial charge in [0.2, 0.25) is 0 Å². The number of amides is 3. The smallest absolute Gasteiger partial charge is 0.329 e. The van der Waals surface area contributed by atoms with Gasteiger partial charge in [-0.3, -0.25) is 9.69 Å². The van der Waals surface area contributed by atoms with Crippen LogP contribution in [0.25, 0.3) is 6.08 Å². The average Bonchev–Trinajstić information content (AvgIpc) is 3.16. The van der Waals surface area contributed by atoms with Gasteiger partial charge in [-0.2, -0.15) is 5.26 Å². The molecule has 1 aliphatic carbocycles. The van der Waals surface area contributed by atoms with Crippen LogP contribution in [-0.2, 0) is 17.8 Å². The summed E-state index contributed by atoms with van der Waals surface area (Å²) in [6, 6.07) is 12.8. The molecule has 0 spiro atoms. The number of nitriles is 1. The first-order valence-corrected chi connectivity index (χ1v) is 12.4. The topological polar surface area (TPSA) is 91.7 Å². The minimum atomic E-state index is -0.356. The number of benzene rings is 2. The largest absolute Gasteiger partial charge is 0.490 e. The lowest BCUT2D eigenvalue weighted by atomic mass is 9.94. The molecule has 0 bridgehead atoms. The molecule has 1 saturated carbocycles. The monoisotopic (exact) mass is 485 g/mol. The van der Waals surface area contributed by atoms with E-state index in [2.05, 4.69) is 18.0 Å². The van der Waals surface area contributed by atoms with Crippen LogP contribution in [0.5, 0.6) is 11.5 Å². The highest BCUT2D eigenvalue weighted by atomic mass is 16.5. The number of urea groups is 1. The Labute approximate surface area is 212 Å². The summed E-state index contributed by atoms with van der Waals surface area (Å²) in [5, 5.41) is 12.1. The van der Waals surface area contributed by atoms with Gasteiger partial charge in [0.05, 0.1) is 18.2 Å². The molecule has 3 amide bonds. The zero-order valence-electron chi connectivity index (χ0n) is 20.6. The number of allylic oxidation sites excluding steroid dienone is 1. The van der Waals surface area contributed by atoms with E-state index >= 15 is 0 Å². The first-order valence-electron chi connectivity index (χ1n) is 12.4. The maximum atomic E-state index is 13.1. The van der Waals surface area contributed by atoms with Gasteiger partial charge in [-0.1, -0.05) is 43.5 Å². The second-order valence-corrected chi connectivity index (χ2v) is 8.95. The number of nitrogens with zero attached hydrogens (tertiary/aromatic N) is 2. The Hall–Kier alpha value is -4.05. The predicted octanol–water partition coefficient (Wildman–Crippen LogP) is 5.49. The van der Waals surface area contributed by atoms with Crippen molar-refractivity contribution in [1.82, 2.24) is 10.2 Å². The molecular formula is C29H31N3O4. The van der Waals surface area contributed by atoms with Crippen LogP contribution in [0.2, 0.25) is 0 Å². The van der Waals surface area contributed by atoms with Gasteiger partial charge in [0.1, 0.15) is 12.3 Å². The summed E-state index contributed by atoms with van der Waals surface area (Å²) in [5.74, 6) is 0.805. The van der Waals surface area contributed by atoms with Gasteiger partial charge in [0, 0.05) is 17.2 Å². The fourth-order valence-electron chi connectivity index (χ4n) is 4.79. The molecule has 0 atom stereocenters. The standard InChI is InChI=1S/C29H31N3O4/c1-3-10-21-15-20(16-25-28(33)32(29(34)31-25)24-13-6-5-7-14-24)17-26(35-4-2)27(21)36-19-23-12-9-8-11-22(23)18-30/h3,8-9,11-12,15-17,24H,1,4-7,10,13-14,19H2,2H3,(H,31,34)/b25-16-. The second-order valence-electron chi connectivity index (χ2n) is 8.95. The van der Waals surface area contributed by atoms with Crippen LogP contribution in [0, 0.1) is 11.3 Å². The van der Waals surface area contributed by atoms with E-state index in [1.54, 1.807) is 24.3 Å². The number of carbonyl (C=O) groups excluding carboxylic acids is 2. The molecule has 7 heteroatoms. The molecule has 1 heterocycles. The summed E-state index contributed by atoms with van der Waals surface area (Å²) >= 11 is 0. The minimum Gasteiger partial charge on any atom is -0.490 e. The molecule has 186 valence electrons. The molecule has 4 rings (SSSR count). The quantitative estimate of drug-likeness (QED) is 0.288. The van der Waals surface area contributed by atoms with Crippen molar-refractivity contribution in [3.8, 4) is 17.6 Å². The summed E-state index contributed by atoms with van der Waals surface area (Å²) in [6.45, 7) is 6.38. The van der Waals surface area contributed by atoms with Crippen molar-refractivity contribution < 1.29 is 19.1 Å². The maximum Gasteiger partial charge on any atom is 0.329 e. The van der Waals surface area contributed by atoms with Gasteiger partial charge in [0.15, 0.2) is 11.5 Å². The molecule has 0 radical (unpaired) electrons. The maximum absolute atomic E-state index is 13.1. The van der Waals surface area contributed by atoms with E-state index in [4.69, 9.17) is 9.47 Å². The number of hydrogen-bond donors (Lipinski definition) is 1. The van der Waals surface area contributed by atoms with Crippen LogP contribution in [0.4, 0.5) is 4.79 Å². The Kier molecular flexibility index (Phi) is 8.06. The molecule has 0 aromatic heterocycles. The molecule has 2 aliphatic rings. The highest BCUT2D eigenvalue weighted by molar-refractivity contribution is 6.14. The molecule has 7 nitrogen and oxygen atoms in total. The zero-order valence-corrected chi connectivity index (χ0v) is 20.6. The van der Waals surface area contributed by atoms with Crippen LogP contribution in [0.3, 0.4) is 0 Å². The summed E-state index contributed by atoms with van der Waals surface area (Å²) in [7, 11) is 0. The predicted molar refractivity (Wildman–Crippen MR) is 137 cm³/mol. The van der Waals surface area contributed by atoms with E-state index in [1.165, 1.54) is 4.90 Å². The number of rotatable bonds is 9. The van der Waals surface area contributed by atoms with E-state index in [9.17, 15) is 14.9 Å². The lowest BCUT2D eigenvalue weighted by Gasteiger charge is -2.28. The van der Waals surface area contributed by atoms with Crippen molar-refractivity contribution in [2.24, 2.45) is 0 Å². The summed E-state index contributed by atoms with van der Waals surface area (Å²) in [6.07, 6.45) is 8.88. The Bertz CT molecular complexity index is 1220. The molecular weight excluding hydrogens is 454 g/mol. The van der Waals surface area contributed by atoms with Crippen molar-refractivity contribution in [2.45, 2.75) is 58.1 Å². The molecule has 2 fully saturated rings. The summed E-state index contributed by atoms with van der Waals surface area (Å²) < 4.78 is 12.1. The fraction of sp³-hybridized carbons (Fsp3) is 0.345. The third kappa shape index (κ3) is 5.44. The lowest BCUT2D eigenvalue weighted by molar-refractivity contribution is -0.124. The number of ether oxygens (including phenoxy) is 2. The van der Waals surface area contributed by atoms with Crippen molar-refractivity contribution >= 4 is 18.0 Å². The van der Waals surface area contributed by atoms with E-state index in [1.807, 2.05) is 31.2 Å². The van der Waals surface area contributed by atoms with E-state index < -0.39 is 0 Å². The first-order chi connectivity index (χ1) is 17.5. The zero-order chi connectivity index (χ0) is 25.5. The third-order valence-corrected chi connectivity index (χ3v) is 6.49. The minimum absolute atomic E-state index is 0.0421. The van der Waals surface area contributed by atoms with Gasteiger partial charge < -0.3 is 14.8 Å². The van der Waals surface area contributed by atoms with Crippen LogP contribution in [0.1, 0.15) is 61.3 Å². The van der Waals surface area contributed by atoms with Crippen molar-refractivity contribution in [3.63, 3.8) is 0 Å². The molecule has 36 heavy (non-hydrogen) atoms. The number of nitrogens with one attached hydrogen (secondary N) is 1. The second kappa shape index (κ2) is 11.6. The van der Waals surface area contributed by atoms with E-state index in [-0.39, 0.29) is 30.3 Å². The number of hydrogen-bond acceptors (Lipinski definition) is 5. The molecule has 2 aromatic rings. The Morgan fingerprint density at radius 3 is 2.64 bits per heavy atom. The molecule has 2 aromatic carbocycles. The normalized spacial score (nSPS) is 17.1. The number of carbonyl (C=O) groups is 2. The molecule has 1 saturated heterocycles. The highest BCUT2D eigenvalue weighted by Crippen LogP contribution is 2.36.